The molecule has 1 aromatic carbocycles. The topological polar surface area (TPSA) is 52.6 Å². The molecule has 1 aromatic rings. The van der Waals surface area contributed by atoms with Crippen molar-refractivity contribution in [1.29, 1.82) is 0 Å². The van der Waals surface area contributed by atoms with Crippen LogP contribution in [0.2, 0.25) is 0 Å². The van der Waals surface area contributed by atoms with Crippen molar-refractivity contribution in [3.63, 3.8) is 0 Å². The fourth-order valence-electron chi connectivity index (χ4n) is 2.76. The van der Waals surface area contributed by atoms with Gasteiger partial charge in [0.05, 0.1) is 5.56 Å². The summed E-state index contributed by atoms with van der Waals surface area (Å²) in [6.45, 7) is 7.12. The number of nitrogens with one attached hydrogen (secondary N) is 1. The van der Waals surface area contributed by atoms with Crippen molar-refractivity contribution in [3.05, 3.63) is 29.3 Å². The number of carbonyl (C=O) groups is 1. The molecule has 0 saturated carbocycles. The zero-order valence-electron chi connectivity index (χ0n) is 11.6. The number of rotatable bonds is 5. The first-order valence-electron chi connectivity index (χ1n) is 6.93. The summed E-state index contributed by atoms with van der Waals surface area (Å²) in [4.78, 5) is 13.7. The number of aryl methyl sites for hydroxylation is 1. The van der Waals surface area contributed by atoms with E-state index in [2.05, 4.69) is 17.1 Å². The molecule has 1 aliphatic rings. The average Bonchev–Trinajstić information content (AvgIpc) is 2.84. The number of likely N-dealkylation sites (N-methyl/N-ethyl adjacent to an activating group) is 1. The summed E-state index contributed by atoms with van der Waals surface area (Å²) in [7, 11) is 0. The van der Waals surface area contributed by atoms with E-state index in [9.17, 15) is 9.90 Å². The van der Waals surface area contributed by atoms with E-state index in [0.717, 1.165) is 30.9 Å². The van der Waals surface area contributed by atoms with Gasteiger partial charge in [0, 0.05) is 18.3 Å². The van der Waals surface area contributed by atoms with E-state index in [-0.39, 0.29) is 0 Å². The van der Waals surface area contributed by atoms with Crippen molar-refractivity contribution in [2.45, 2.75) is 32.7 Å². The van der Waals surface area contributed by atoms with Crippen molar-refractivity contribution in [1.82, 2.24) is 4.90 Å². The largest absolute Gasteiger partial charge is 0.478 e. The van der Waals surface area contributed by atoms with Gasteiger partial charge in [0.2, 0.25) is 0 Å². The van der Waals surface area contributed by atoms with Crippen LogP contribution in [-0.2, 0) is 0 Å². The summed E-state index contributed by atoms with van der Waals surface area (Å²) in [5.41, 5.74) is 2.06. The highest BCUT2D eigenvalue weighted by Crippen LogP contribution is 2.20. The van der Waals surface area contributed by atoms with Crippen LogP contribution in [-0.4, -0.2) is 41.7 Å². The summed E-state index contributed by atoms with van der Waals surface area (Å²) in [6.07, 6.45) is 2.43. The second kappa shape index (κ2) is 6.06. The summed E-state index contributed by atoms with van der Waals surface area (Å²) in [6, 6.07) is 6.05. The Labute approximate surface area is 114 Å². The van der Waals surface area contributed by atoms with Crippen LogP contribution in [0.4, 0.5) is 5.69 Å². The zero-order valence-corrected chi connectivity index (χ0v) is 11.6. The quantitative estimate of drug-likeness (QED) is 0.856. The highest BCUT2D eigenvalue weighted by Gasteiger charge is 2.23. The number of benzene rings is 1. The Kier molecular flexibility index (Phi) is 4.43. The number of hydrogen-bond donors (Lipinski definition) is 2. The van der Waals surface area contributed by atoms with Crippen LogP contribution in [0.15, 0.2) is 18.2 Å². The molecule has 1 atom stereocenters. The van der Waals surface area contributed by atoms with Gasteiger partial charge < -0.3 is 10.4 Å². The van der Waals surface area contributed by atoms with E-state index in [1.54, 1.807) is 6.07 Å². The van der Waals surface area contributed by atoms with Crippen molar-refractivity contribution in [2.24, 2.45) is 0 Å². The van der Waals surface area contributed by atoms with Crippen LogP contribution in [0.1, 0.15) is 35.7 Å². The molecule has 1 unspecified atom stereocenters. The van der Waals surface area contributed by atoms with E-state index in [1.165, 1.54) is 12.8 Å². The lowest BCUT2D eigenvalue weighted by Gasteiger charge is -2.23. The molecule has 1 heterocycles. The highest BCUT2D eigenvalue weighted by molar-refractivity contribution is 5.94. The third-order valence-corrected chi connectivity index (χ3v) is 3.84. The molecule has 0 spiro atoms. The lowest BCUT2D eigenvalue weighted by Crippen LogP contribution is -2.34. The maximum absolute atomic E-state index is 11.2. The minimum Gasteiger partial charge on any atom is -0.478 e. The molecule has 0 aromatic heterocycles. The average molecular weight is 262 g/mol. The molecule has 0 bridgehead atoms. The molecule has 104 valence electrons. The second-order valence-electron chi connectivity index (χ2n) is 5.16. The van der Waals surface area contributed by atoms with Crippen LogP contribution in [0.5, 0.6) is 0 Å². The van der Waals surface area contributed by atoms with Gasteiger partial charge in [-0.2, -0.15) is 0 Å². The lowest BCUT2D eigenvalue weighted by atomic mass is 10.1. The molecule has 1 aliphatic heterocycles. The molecule has 0 aliphatic carbocycles. The van der Waals surface area contributed by atoms with Crippen LogP contribution >= 0.6 is 0 Å². The Balaban J connectivity index is 2.05. The van der Waals surface area contributed by atoms with Gasteiger partial charge in [-0.1, -0.05) is 18.6 Å². The first-order valence-corrected chi connectivity index (χ1v) is 6.93. The van der Waals surface area contributed by atoms with E-state index < -0.39 is 5.97 Å². The van der Waals surface area contributed by atoms with Crippen molar-refractivity contribution >= 4 is 11.7 Å². The number of anilines is 1. The number of carboxylic acid groups (broad SMARTS) is 1. The molecule has 2 rings (SSSR count). The van der Waals surface area contributed by atoms with Gasteiger partial charge in [-0.15, -0.1) is 0 Å². The number of hydrogen-bond acceptors (Lipinski definition) is 3. The Hall–Kier alpha value is -1.55. The smallest absolute Gasteiger partial charge is 0.337 e. The standard InChI is InChI=1S/C15H22N2O2/c1-3-17-8-4-5-12(17)10-16-14-7-6-11(2)9-13(14)15(18)19/h6-7,9,12,16H,3-5,8,10H2,1-2H3,(H,18,19). The maximum Gasteiger partial charge on any atom is 0.337 e. The fourth-order valence-corrected chi connectivity index (χ4v) is 2.76. The zero-order chi connectivity index (χ0) is 13.8. The van der Waals surface area contributed by atoms with Gasteiger partial charge in [-0.25, -0.2) is 4.79 Å². The van der Waals surface area contributed by atoms with E-state index >= 15 is 0 Å². The third kappa shape index (κ3) is 3.26. The van der Waals surface area contributed by atoms with Gasteiger partial charge in [-0.3, -0.25) is 4.90 Å². The number of aromatic carboxylic acids is 1. The Morgan fingerprint density at radius 1 is 1.53 bits per heavy atom. The number of carboxylic acids is 1. The van der Waals surface area contributed by atoms with Crippen LogP contribution in [0.25, 0.3) is 0 Å². The minimum absolute atomic E-state index is 0.362. The number of nitrogens with zero attached hydrogens (tertiary/aromatic N) is 1. The van der Waals surface area contributed by atoms with E-state index in [4.69, 9.17) is 0 Å². The number of likely N-dealkylation sites (tertiary alicyclic amines) is 1. The molecular formula is C15H22N2O2. The second-order valence-corrected chi connectivity index (χ2v) is 5.16. The summed E-state index contributed by atoms with van der Waals surface area (Å²) in [5, 5.41) is 12.5. The van der Waals surface area contributed by atoms with Crippen LogP contribution < -0.4 is 5.32 Å². The molecule has 4 nitrogen and oxygen atoms in total. The fraction of sp³-hybridized carbons (Fsp3) is 0.533. The Bertz CT molecular complexity index is 459. The Morgan fingerprint density at radius 3 is 3.00 bits per heavy atom. The van der Waals surface area contributed by atoms with Gasteiger partial charge in [0.25, 0.3) is 0 Å². The van der Waals surface area contributed by atoms with Gasteiger partial charge in [-0.05, 0) is 45.0 Å². The van der Waals surface area contributed by atoms with Crippen LogP contribution in [0, 0.1) is 6.92 Å². The van der Waals surface area contributed by atoms with E-state index in [0.29, 0.717) is 11.6 Å². The molecule has 2 N–H and O–H groups in total. The minimum atomic E-state index is -0.870. The van der Waals surface area contributed by atoms with Gasteiger partial charge >= 0.3 is 5.97 Å². The van der Waals surface area contributed by atoms with Gasteiger partial charge in [0.15, 0.2) is 0 Å². The SMILES string of the molecule is CCN1CCCC1CNc1ccc(C)cc1C(=O)O. The molecule has 0 amide bonds. The summed E-state index contributed by atoms with van der Waals surface area (Å²) in [5.74, 6) is -0.870. The summed E-state index contributed by atoms with van der Waals surface area (Å²) < 4.78 is 0. The summed E-state index contributed by atoms with van der Waals surface area (Å²) >= 11 is 0. The predicted molar refractivity (Wildman–Crippen MR) is 76.9 cm³/mol. The normalized spacial score (nSPS) is 19.6. The monoisotopic (exact) mass is 262 g/mol. The van der Waals surface area contributed by atoms with Crippen LogP contribution in [0.3, 0.4) is 0 Å². The highest BCUT2D eigenvalue weighted by atomic mass is 16.4. The van der Waals surface area contributed by atoms with Crippen molar-refractivity contribution in [2.75, 3.05) is 25.0 Å². The molecule has 0 radical (unpaired) electrons. The first-order chi connectivity index (χ1) is 9.11. The Morgan fingerprint density at radius 2 is 2.32 bits per heavy atom. The lowest BCUT2D eigenvalue weighted by molar-refractivity contribution is 0.0698. The van der Waals surface area contributed by atoms with Crippen molar-refractivity contribution in [3.8, 4) is 0 Å². The predicted octanol–water partition coefficient (Wildman–Crippen LogP) is 2.59. The first kappa shape index (κ1) is 13.9. The van der Waals surface area contributed by atoms with Gasteiger partial charge in [0.1, 0.15) is 0 Å². The molecule has 1 saturated heterocycles. The molecule has 4 heteroatoms. The molecule has 1 fully saturated rings. The van der Waals surface area contributed by atoms with E-state index in [1.807, 2.05) is 19.1 Å². The van der Waals surface area contributed by atoms with Crippen molar-refractivity contribution < 1.29 is 9.90 Å². The molecular weight excluding hydrogens is 240 g/mol. The maximum atomic E-state index is 11.2. The third-order valence-electron chi connectivity index (χ3n) is 3.84. The molecule has 19 heavy (non-hydrogen) atoms.